The number of hydrogen-bond acceptors (Lipinski definition) is 3. The normalized spacial score (nSPS) is 12.1. The first-order valence-electron chi connectivity index (χ1n) is 7.51. The number of aryl methyl sites for hydroxylation is 2. The molecule has 0 atom stereocenters. The van der Waals surface area contributed by atoms with Crippen LogP contribution in [0.1, 0.15) is 16.7 Å². The number of nitrogens with two attached hydrogens (primary N) is 1. The summed E-state index contributed by atoms with van der Waals surface area (Å²) in [6, 6.07) is 8.84. The van der Waals surface area contributed by atoms with Gasteiger partial charge in [0.15, 0.2) is 12.6 Å². The Kier molecular flexibility index (Phi) is 5.84. The number of ether oxygens (including phenoxy) is 1. The highest BCUT2D eigenvalue weighted by Crippen LogP contribution is 2.18. The number of pyridine rings is 1. The molecule has 0 amide bonds. The van der Waals surface area contributed by atoms with Gasteiger partial charge in [0.1, 0.15) is 0 Å². The Hall–Kier alpha value is -2.77. The van der Waals surface area contributed by atoms with Gasteiger partial charge in [-0.2, -0.15) is 13.2 Å². The minimum atomic E-state index is -4.41. The van der Waals surface area contributed by atoms with Gasteiger partial charge in [-0.25, -0.2) is 9.98 Å². The zero-order valence-corrected chi connectivity index (χ0v) is 13.9. The first kappa shape index (κ1) is 18.6. The van der Waals surface area contributed by atoms with E-state index in [4.69, 9.17) is 5.73 Å². The van der Waals surface area contributed by atoms with Crippen molar-refractivity contribution in [3.8, 4) is 5.88 Å². The molecule has 0 aliphatic carbocycles. The van der Waals surface area contributed by atoms with Gasteiger partial charge in [-0.05, 0) is 48.7 Å². The lowest BCUT2D eigenvalue weighted by atomic mass is 10.1. The Labute approximate surface area is 143 Å². The van der Waals surface area contributed by atoms with Crippen molar-refractivity contribution >= 4 is 11.6 Å². The Balaban J connectivity index is 1.96. The number of hydrogen-bond donors (Lipinski definition) is 2. The monoisotopic (exact) mass is 352 g/mol. The molecule has 0 saturated carbocycles. The van der Waals surface area contributed by atoms with Crippen molar-refractivity contribution in [1.82, 2.24) is 4.98 Å². The lowest BCUT2D eigenvalue weighted by Crippen LogP contribution is -2.22. The van der Waals surface area contributed by atoms with Crippen LogP contribution in [0.25, 0.3) is 0 Å². The molecule has 1 aromatic carbocycles. The second-order valence-electron chi connectivity index (χ2n) is 5.53. The fourth-order valence-corrected chi connectivity index (χ4v) is 1.97. The number of nitrogens with one attached hydrogen (secondary N) is 1. The molecular formula is C17H19F3N4O. The zero-order valence-electron chi connectivity index (χ0n) is 13.9. The third kappa shape index (κ3) is 6.33. The minimum Gasteiger partial charge on any atom is -0.468 e. The van der Waals surface area contributed by atoms with E-state index in [0.717, 1.165) is 11.3 Å². The highest BCUT2D eigenvalue weighted by Gasteiger charge is 2.28. The fourth-order valence-electron chi connectivity index (χ4n) is 1.97. The molecule has 1 heterocycles. The van der Waals surface area contributed by atoms with Crippen molar-refractivity contribution in [2.75, 3.05) is 11.9 Å². The number of nitrogens with zero attached hydrogens (tertiary/aromatic N) is 2. The third-order valence-electron chi connectivity index (χ3n) is 3.39. The molecule has 0 radical (unpaired) electrons. The number of guanidine groups is 1. The second-order valence-corrected chi connectivity index (χ2v) is 5.53. The topological polar surface area (TPSA) is 72.5 Å². The SMILES string of the molecule is Cc1ccc(NC(N)=NCc2ccnc(OCC(F)(F)F)c2)cc1C. The van der Waals surface area contributed by atoms with Crippen LogP contribution < -0.4 is 15.8 Å². The lowest BCUT2D eigenvalue weighted by molar-refractivity contribution is -0.154. The summed E-state index contributed by atoms with van der Waals surface area (Å²) in [5.41, 5.74) is 9.58. The van der Waals surface area contributed by atoms with Gasteiger partial charge in [0.05, 0.1) is 6.54 Å². The average molecular weight is 352 g/mol. The molecule has 1 aromatic heterocycles. The maximum atomic E-state index is 12.2. The molecule has 0 bridgehead atoms. The van der Waals surface area contributed by atoms with Gasteiger partial charge in [0.2, 0.25) is 5.88 Å². The molecule has 0 spiro atoms. The van der Waals surface area contributed by atoms with Crippen molar-refractivity contribution in [3.63, 3.8) is 0 Å². The van der Waals surface area contributed by atoms with Crippen LogP contribution in [0.4, 0.5) is 18.9 Å². The third-order valence-corrected chi connectivity index (χ3v) is 3.39. The number of aromatic nitrogens is 1. The van der Waals surface area contributed by atoms with E-state index in [2.05, 4.69) is 20.0 Å². The van der Waals surface area contributed by atoms with E-state index < -0.39 is 12.8 Å². The van der Waals surface area contributed by atoms with Crippen LogP contribution in [-0.2, 0) is 6.54 Å². The summed E-state index contributed by atoms with van der Waals surface area (Å²) in [6.45, 7) is 2.81. The van der Waals surface area contributed by atoms with Gasteiger partial charge in [-0.15, -0.1) is 0 Å². The Morgan fingerprint density at radius 1 is 1.20 bits per heavy atom. The minimum absolute atomic E-state index is 0.106. The summed E-state index contributed by atoms with van der Waals surface area (Å²) in [4.78, 5) is 7.91. The standard InChI is InChI=1S/C17H19F3N4O/c1-11-3-4-14(7-12(11)2)24-16(21)23-9-13-5-6-22-15(8-13)25-10-17(18,19)20/h3-8H,9-10H2,1-2H3,(H3,21,23,24). The van der Waals surface area contributed by atoms with Gasteiger partial charge >= 0.3 is 6.18 Å². The molecule has 0 saturated heterocycles. The van der Waals surface area contributed by atoms with Gasteiger partial charge < -0.3 is 15.8 Å². The maximum Gasteiger partial charge on any atom is 0.422 e. The summed E-state index contributed by atoms with van der Waals surface area (Å²) in [5, 5.41) is 2.97. The van der Waals surface area contributed by atoms with Gasteiger partial charge in [-0.1, -0.05) is 6.07 Å². The van der Waals surface area contributed by atoms with E-state index in [1.807, 2.05) is 32.0 Å². The van der Waals surface area contributed by atoms with E-state index in [9.17, 15) is 13.2 Å². The summed E-state index contributed by atoms with van der Waals surface area (Å²) in [6.07, 6.45) is -3.04. The predicted molar refractivity (Wildman–Crippen MR) is 90.7 cm³/mol. The van der Waals surface area contributed by atoms with Crippen LogP contribution >= 0.6 is 0 Å². The largest absolute Gasteiger partial charge is 0.468 e. The van der Waals surface area contributed by atoms with Crippen molar-refractivity contribution in [3.05, 3.63) is 53.2 Å². The van der Waals surface area contributed by atoms with Crippen LogP contribution in [0.5, 0.6) is 5.88 Å². The van der Waals surface area contributed by atoms with Gasteiger partial charge in [0, 0.05) is 18.0 Å². The van der Waals surface area contributed by atoms with Gasteiger partial charge in [-0.3, -0.25) is 0 Å². The van der Waals surface area contributed by atoms with Crippen molar-refractivity contribution in [2.45, 2.75) is 26.6 Å². The van der Waals surface area contributed by atoms with Crippen LogP contribution in [0.2, 0.25) is 0 Å². The number of aliphatic imine (C=N–C) groups is 1. The molecular weight excluding hydrogens is 333 g/mol. The van der Waals surface area contributed by atoms with Crippen LogP contribution in [0.15, 0.2) is 41.5 Å². The molecule has 134 valence electrons. The van der Waals surface area contributed by atoms with E-state index in [-0.39, 0.29) is 18.4 Å². The molecule has 0 unspecified atom stereocenters. The second kappa shape index (κ2) is 7.87. The quantitative estimate of drug-likeness (QED) is 0.637. The number of benzene rings is 1. The summed E-state index contributed by atoms with van der Waals surface area (Å²) < 4.78 is 41.1. The van der Waals surface area contributed by atoms with Crippen molar-refractivity contribution in [1.29, 1.82) is 0 Å². The van der Waals surface area contributed by atoms with Crippen LogP contribution in [0.3, 0.4) is 0 Å². The molecule has 0 fully saturated rings. The van der Waals surface area contributed by atoms with Crippen molar-refractivity contribution < 1.29 is 17.9 Å². The molecule has 0 aliphatic heterocycles. The molecule has 5 nitrogen and oxygen atoms in total. The zero-order chi connectivity index (χ0) is 18.4. The predicted octanol–water partition coefficient (Wildman–Crippen LogP) is 3.57. The molecule has 25 heavy (non-hydrogen) atoms. The smallest absolute Gasteiger partial charge is 0.422 e. The summed E-state index contributed by atoms with van der Waals surface area (Å²) in [5.74, 6) is 0.101. The number of alkyl halides is 3. The number of rotatable bonds is 5. The van der Waals surface area contributed by atoms with E-state index >= 15 is 0 Å². The maximum absolute atomic E-state index is 12.2. The van der Waals surface area contributed by atoms with Gasteiger partial charge in [0.25, 0.3) is 0 Å². The van der Waals surface area contributed by atoms with E-state index in [1.165, 1.54) is 17.8 Å². The number of halogens is 3. The number of anilines is 1. The summed E-state index contributed by atoms with van der Waals surface area (Å²) >= 11 is 0. The Morgan fingerprint density at radius 2 is 1.96 bits per heavy atom. The Morgan fingerprint density at radius 3 is 2.64 bits per heavy atom. The first-order chi connectivity index (χ1) is 11.7. The van der Waals surface area contributed by atoms with E-state index in [0.29, 0.717) is 5.56 Å². The van der Waals surface area contributed by atoms with Crippen LogP contribution in [-0.4, -0.2) is 23.7 Å². The first-order valence-corrected chi connectivity index (χ1v) is 7.51. The molecule has 2 aromatic rings. The fraction of sp³-hybridized carbons (Fsp3) is 0.294. The highest BCUT2D eigenvalue weighted by molar-refractivity contribution is 5.92. The molecule has 3 N–H and O–H groups in total. The van der Waals surface area contributed by atoms with Crippen LogP contribution in [0, 0.1) is 13.8 Å². The average Bonchev–Trinajstić information content (AvgIpc) is 2.54. The lowest BCUT2D eigenvalue weighted by Gasteiger charge is -2.09. The van der Waals surface area contributed by atoms with Crippen molar-refractivity contribution in [2.24, 2.45) is 10.7 Å². The molecule has 0 aliphatic rings. The Bertz CT molecular complexity index is 760. The highest BCUT2D eigenvalue weighted by atomic mass is 19.4. The molecule has 2 rings (SSSR count). The molecule has 8 heteroatoms. The summed E-state index contributed by atoms with van der Waals surface area (Å²) in [7, 11) is 0. The van der Waals surface area contributed by atoms with E-state index in [1.54, 1.807) is 6.07 Å².